The average Bonchev–Trinajstić information content (AvgIpc) is 2.64. The van der Waals surface area contributed by atoms with Crippen LogP contribution in [0.2, 0.25) is 0 Å². The second-order valence-electron chi connectivity index (χ2n) is 2.86. The Morgan fingerprint density at radius 3 is 2.93 bits per heavy atom. The molecule has 1 amide bonds. The van der Waals surface area contributed by atoms with E-state index < -0.39 is 4.84 Å². The van der Waals surface area contributed by atoms with Gasteiger partial charge in [0, 0.05) is 13.0 Å². The number of carbonyl (C=O) groups is 1. The number of halogens is 2. The van der Waals surface area contributed by atoms with Crippen molar-refractivity contribution in [3.63, 3.8) is 0 Å². The topological polar surface area (TPSA) is 45.9 Å². The lowest BCUT2D eigenvalue weighted by Crippen LogP contribution is -3.05. The highest BCUT2D eigenvalue weighted by Gasteiger charge is 2.10. The molecule has 1 atom stereocenters. The largest absolute Gasteiger partial charge is 0.354 e. The molecule has 0 fully saturated rings. The van der Waals surface area contributed by atoms with E-state index in [0.717, 1.165) is 13.0 Å². The van der Waals surface area contributed by atoms with Crippen molar-refractivity contribution < 1.29 is 9.69 Å². The van der Waals surface area contributed by atoms with E-state index in [-0.39, 0.29) is 5.91 Å². The van der Waals surface area contributed by atoms with Gasteiger partial charge in [-0.2, -0.15) is 0 Å². The Morgan fingerprint density at radius 2 is 2.36 bits per heavy atom. The Kier molecular flexibility index (Phi) is 4.93. The van der Waals surface area contributed by atoms with Crippen molar-refractivity contribution >= 4 is 35.4 Å². The number of aliphatic imine (C=N–C) groups is 1. The molecular formula is C8H12Cl2N3O+. The zero-order chi connectivity index (χ0) is 10.4. The SMILES string of the molecule is O=C(NCCC[NH+]1C=CN=C1)C(Cl)Cl. The van der Waals surface area contributed by atoms with Crippen LogP contribution in [0.5, 0.6) is 0 Å². The first-order valence-corrected chi connectivity index (χ1v) is 5.19. The van der Waals surface area contributed by atoms with Gasteiger partial charge in [0.05, 0.1) is 12.7 Å². The number of amides is 1. The molecule has 0 bridgehead atoms. The van der Waals surface area contributed by atoms with Gasteiger partial charge in [-0.05, 0) is 0 Å². The summed E-state index contributed by atoms with van der Waals surface area (Å²) in [6, 6.07) is 0. The lowest BCUT2D eigenvalue weighted by atomic mass is 10.4. The third-order valence-electron chi connectivity index (χ3n) is 1.75. The highest BCUT2D eigenvalue weighted by atomic mass is 35.5. The van der Waals surface area contributed by atoms with Crippen LogP contribution in [0.1, 0.15) is 6.42 Å². The maximum Gasteiger partial charge on any atom is 0.253 e. The van der Waals surface area contributed by atoms with Gasteiger partial charge < -0.3 is 5.32 Å². The molecule has 1 heterocycles. The number of quaternary nitrogens is 1. The van der Waals surface area contributed by atoms with Gasteiger partial charge in [0.2, 0.25) is 0 Å². The molecule has 0 saturated carbocycles. The van der Waals surface area contributed by atoms with E-state index in [1.165, 1.54) is 4.90 Å². The lowest BCUT2D eigenvalue weighted by molar-refractivity contribution is -0.736. The molecule has 0 aromatic rings. The number of hydrogen-bond acceptors (Lipinski definition) is 2. The van der Waals surface area contributed by atoms with Crippen LogP contribution >= 0.6 is 23.2 Å². The summed E-state index contributed by atoms with van der Waals surface area (Å²) in [4.78, 5) is 15.0. The molecule has 0 aromatic carbocycles. The first kappa shape index (κ1) is 11.5. The van der Waals surface area contributed by atoms with Gasteiger partial charge >= 0.3 is 0 Å². The summed E-state index contributed by atoms with van der Waals surface area (Å²) >= 11 is 10.7. The summed E-state index contributed by atoms with van der Waals surface area (Å²) in [5.41, 5.74) is 0. The van der Waals surface area contributed by atoms with Crippen LogP contribution in [0.25, 0.3) is 0 Å². The molecule has 0 radical (unpaired) electrons. The molecule has 1 aliphatic rings. The summed E-state index contributed by atoms with van der Waals surface area (Å²) in [5, 5.41) is 2.62. The molecule has 2 N–H and O–H groups in total. The molecule has 0 aliphatic carbocycles. The molecule has 0 saturated heterocycles. The highest BCUT2D eigenvalue weighted by Crippen LogP contribution is 1.99. The number of hydrogen-bond donors (Lipinski definition) is 2. The smallest absolute Gasteiger partial charge is 0.253 e. The summed E-state index contributed by atoms with van der Waals surface area (Å²) in [7, 11) is 0. The van der Waals surface area contributed by atoms with Crippen molar-refractivity contribution in [3.8, 4) is 0 Å². The van der Waals surface area contributed by atoms with Crippen LogP contribution < -0.4 is 10.2 Å². The fourth-order valence-corrected chi connectivity index (χ4v) is 1.20. The normalized spacial score (nSPS) is 19.2. The van der Waals surface area contributed by atoms with Gasteiger partial charge in [0.1, 0.15) is 6.20 Å². The summed E-state index contributed by atoms with van der Waals surface area (Å²) in [6.45, 7) is 1.48. The number of nitrogens with zero attached hydrogens (tertiary/aromatic N) is 1. The maximum atomic E-state index is 10.9. The van der Waals surface area contributed by atoms with Crippen LogP contribution in [0.15, 0.2) is 17.4 Å². The molecule has 0 aromatic heterocycles. The second-order valence-corrected chi connectivity index (χ2v) is 3.96. The first-order chi connectivity index (χ1) is 6.70. The highest BCUT2D eigenvalue weighted by molar-refractivity contribution is 6.53. The molecule has 4 nitrogen and oxygen atoms in total. The fourth-order valence-electron chi connectivity index (χ4n) is 1.05. The number of rotatable bonds is 5. The van der Waals surface area contributed by atoms with Crippen molar-refractivity contribution in [2.45, 2.75) is 11.3 Å². The molecule has 78 valence electrons. The van der Waals surface area contributed by atoms with Crippen molar-refractivity contribution in [1.82, 2.24) is 5.32 Å². The van der Waals surface area contributed by atoms with Crippen LogP contribution in [-0.2, 0) is 4.79 Å². The van der Waals surface area contributed by atoms with E-state index in [2.05, 4.69) is 10.3 Å². The minimum atomic E-state index is -0.976. The number of nitrogens with one attached hydrogen (secondary N) is 2. The predicted octanol–water partition coefficient (Wildman–Crippen LogP) is -0.306. The Labute approximate surface area is 92.6 Å². The quantitative estimate of drug-likeness (QED) is 0.500. The molecule has 1 unspecified atom stereocenters. The van der Waals surface area contributed by atoms with Gasteiger partial charge in [0.15, 0.2) is 11.2 Å². The fraction of sp³-hybridized carbons (Fsp3) is 0.500. The van der Waals surface area contributed by atoms with Gasteiger partial charge in [0.25, 0.3) is 5.91 Å². The van der Waals surface area contributed by atoms with Gasteiger partial charge in [-0.25, -0.2) is 4.99 Å². The van der Waals surface area contributed by atoms with Crippen molar-refractivity contribution in [3.05, 3.63) is 12.4 Å². The molecule has 1 aliphatic heterocycles. The summed E-state index contributed by atoms with van der Waals surface area (Å²) < 4.78 is 0. The predicted molar refractivity (Wildman–Crippen MR) is 56.6 cm³/mol. The average molecular weight is 237 g/mol. The van der Waals surface area contributed by atoms with Gasteiger partial charge in [-0.15, -0.1) is 0 Å². The van der Waals surface area contributed by atoms with E-state index in [1.54, 1.807) is 6.20 Å². The van der Waals surface area contributed by atoms with E-state index in [0.29, 0.717) is 6.54 Å². The van der Waals surface area contributed by atoms with Gasteiger partial charge in [-0.3, -0.25) is 9.69 Å². The molecular weight excluding hydrogens is 225 g/mol. The van der Waals surface area contributed by atoms with Crippen LogP contribution in [0.3, 0.4) is 0 Å². The van der Waals surface area contributed by atoms with Crippen molar-refractivity contribution in [2.24, 2.45) is 4.99 Å². The third kappa shape index (κ3) is 4.09. The lowest BCUT2D eigenvalue weighted by Gasteiger charge is -2.06. The minimum absolute atomic E-state index is 0.339. The summed E-state index contributed by atoms with van der Waals surface area (Å²) in [5.74, 6) is -0.339. The van der Waals surface area contributed by atoms with Crippen molar-refractivity contribution in [2.75, 3.05) is 13.1 Å². The van der Waals surface area contributed by atoms with Crippen molar-refractivity contribution in [1.29, 1.82) is 0 Å². The zero-order valence-corrected chi connectivity index (χ0v) is 9.05. The van der Waals surface area contributed by atoms with Crippen LogP contribution in [0, 0.1) is 0 Å². The number of alkyl halides is 2. The molecule has 0 spiro atoms. The van der Waals surface area contributed by atoms with Gasteiger partial charge in [-0.1, -0.05) is 23.2 Å². The minimum Gasteiger partial charge on any atom is -0.354 e. The summed E-state index contributed by atoms with van der Waals surface area (Å²) in [6.07, 6.45) is 6.38. The Bertz CT molecular complexity index is 241. The molecule has 14 heavy (non-hydrogen) atoms. The number of carbonyl (C=O) groups excluding carboxylic acids is 1. The first-order valence-electron chi connectivity index (χ1n) is 4.31. The zero-order valence-electron chi connectivity index (χ0n) is 7.54. The van der Waals surface area contributed by atoms with E-state index >= 15 is 0 Å². The van der Waals surface area contributed by atoms with Crippen LogP contribution in [-0.4, -0.2) is 30.2 Å². The Morgan fingerprint density at radius 1 is 1.57 bits per heavy atom. The van der Waals surface area contributed by atoms with Crippen LogP contribution in [0.4, 0.5) is 0 Å². The van der Waals surface area contributed by atoms with E-state index in [4.69, 9.17) is 23.2 Å². The molecule has 6 heteroatoms. The van der Waals surface area contributed by atoms with E-state index in [9.17, 15) is 4.79 Å². The monoisotopic (exact) mass is 236 g/mol. The second kappa shape index (κ2) is 6.01. The maximum absolute atomic E-state index is 10.9. The van der Waals surface area contributed by atoms with E-state index in [1.807, 2.05) is 12.5 Å². The molecule has 1 rings (SSSR count). The Balaban J connectivity index is 2.02. The Hall–Kier alpha value is -0.580. The standard InChI is InChI=1S/C8H11Cl2N3O/c9-7(10)8(14)12-2-1-4-13-5-3-11-6-13/h3,5-7H,1-2,4H2,(H,12,14)/p+1. The third-order valence-corrected chi connectivity index (χ3v) is 2.15.